The van der Waals surface area contributed by atoms with Crippen molar-refractivity contribution in [2.75, 3.05) is 32.8 Å². The molecule has 4 aliphatic heterocycles. The molecular weight excluding hydrogens is 308 g/mol. The van der Waals surface area contributed by atoms with Crippen LogP contribution in [0.5, 0.6) is 0 Å². The number of piperidine rings is 2. The van der Waals surface area contributed by atoms with Gasteiger partial charge < -0.3 is 0 Å². The maximum Gasteiger partial charge on any atom is 0.204 e. The molecule has 4 bridgehead atoms. The first kappa shape index (κ1) is 15.3. The third kappa shape index (κ3) is 2.45. The fourth-order valence-electron chi connectivity index (χ4n) is 6.04. The van der Waals surface area contributed by atoms with E-state index in [1.165, 1.54) is 17.8 Å². The third-order valence-electron chi connectivity index (χ3n) is 6.59. The zero-order valence-electron chi connectivity index (χ0n) is 14.6. The first-order valence-electron chi connectivity index (χ1n) is 9.48. The summed E-state index contributed by atoms with van der Waals surface area (Å²) in [4.78, 5) is 17.1. The monoisotopic (exact) mass is 334 g/mol. The van der Waals surface area contributed by atoms with E-state index in [2.05, 4.69) is 60.7 Å². The number of carbonyl (C=O) groups is 1. The van der Waals surface area contributed by atoms with E-state index in [0.717, 1.165) is 39.0 Å². The van der Waals surface area contributed by atoms with E-state index < -0.39 is 0 Å². The molecule has 2 N–H and O–H groups in total. The summed E-state index contributed by atoms with van der Waals surface area (Å²) in [5, 5.41) is 0. The fourth-order valence-corrected chi connectivity index (χ4v) is 6.04. The Balaban J connectivity index is 1.51. The van der Waals surface area contributed by atoms with Gasteiger partial charge in [-0.1, -0.05) is 60.7 Å². The summed E-state index contributed by atoms with van der Waals surface area (Å²) in [6.07, 6.45) is 1.83. The summed E-state index contributed by atoms with van der Waals surface area (Å²) >= 11 is 0. The molecular formula is C22H26N2O+2. The van der Waals surface area contributed by atoms with Crippen molar-refractivity contribution in [1.29, 1.82) is 0 Å². The second kappa shape index (κ2) is 5.52. The summed E-state index contributed by atoms with van der Waals surface area (Å²) < 4.78 is 0. The van der Waals surface area contributed by atoms with Gasteiger partial charge in [0.2, 0.25) is 6.67 Å². The van der Waals surface area contributed by atoms with Crippen molar-refractivity contribution in [2.24, 2.45) is 10.8 Å². The molecule has 0 unspecified atom stereocenters. The van der Waals surface area contributed by atoms with E-state index in [9.17, 15) is 4.79 Å². The number of hydrogen-bond acceptors (Lipinski definition) is 1. The molecule has 2 aromatic rings. The molecule has 4 fully saturated rings. The molecule has 128 valence electrons. The average molecular weight is 334 g/mol. The van der Waals surface area contributed by atoms with E-state index in [4.69, 9.17) is 0 Å². The maximum atomic E-state index is 13.8. The van der Waals surface area contributed by atoms with Crippen molar-refractivity contribution in [3.8, 4) is 0 Å². The zero-order chi connectivity index (χ0) is 16.9. The predicted octanol–water partition coefficient (Wildman–Crippen LogP) is -0.218. The van der Waals surface area contributed by atoms with Gasteiger partial charge >= 0.3 is 0 Å². The van der Waals surface area contributed by atoms with Crippen LogP contribution in [-0.4, -0.2) is 38.6 Å². The molecule has 4 aliphatic rings. The summed E-state index contributed by atoms with van der Waals surface area (Å²) in [6.45, 7) is 5.31. The second-order valence-corrected chi connectivity index (χ2v) is 8.60. The number of ketones is 1. The first-order chi connectivity index (χ1) is 12.2. The van der Waals surface area contributed by atoms with Crippen molar-refractivity contribution in [3.63, 3.8) is 0 Å². The standard InChI is InChI=1S/C22H24N2O/c25-20-21(11-18-7-3-1-4-8-18)13-23-15-22(20,16-24(14-21)17-23)12-19-9-5-2-6-10-19/h1-10H,11-17H2/p+2. The van der Waals surface area contributed by atoms with E-state index in [0.29, 0.717) is 5.78 Å². The van der Waals surface area contributed by atoms with E-state index >= 15 is 0 Å². The van der Waals surface area contributed by atoms with Gasteiger partial charge in [-0.05, 0) is 24.0 Å². The zero-order valence-corrected chi connectivity index (χ0v) is 14.6. The van der Waals surface area contributed by atoms with Crippen LogP contribution in [-0.2, 0) is 17.6 Å². The lowest BCUT2D eigenvalue weighted by atomic mass is 9.57. The molecule has 0 atom stereocenters. The molecule has 4 heterocycles. The van der Waals surface area contributed by atoms with Crippen LogP contribution < -0.4 is 9.80 Å². The first-order valence-corrected chi connectivity index (χ1v) is 9.48. The number of rotatable bonds is 4. The lowest BCUT2D eigenvalue weighted by Gasteiger charge is -2.57. The molecule has 4 saturated heterocycles. The summed E-state index contributed by atoms with van der Waals surface area (Å²) in [7, 11) is 0. The number of Topliss-reactive ketones (excluding diaryl/α,β-unsaturated/α-hetero) is 1. The second-order valence-electron chi connectivity index (χ2n) is 8.60. The molecule has 2 aromatic carbocycles. The molecule has 0 aliphatic carbocycles. The van der Waals surface area contributed by atoms with Crippen molar-refractivity contribution in [1.82, 2.24) is 0 Å². The SMILES string of the molecule is O=C1C2(Cc3ccccc3)C[NH+]3C[NH+](C2)CC1(Cc1ccccc1)C3. The molecule has 3 heteroatoms. The molecule has 0 saturated carbocycles. The van der Waals surface area contributed by atoms with Gasteiger partial charge in [-0.25, -0.2) is 0 Å². The van der Waals surface area contributed by atoms with Gasteiger partial charge in [0.1, 0.15) is 37.0 Å². The Hall–Kier alpha value is -1.97. The number of benzene rings is 2. The van der Waals surface area contributed by atoms with Gasteiger partial charge in [0.05, 0.1) is 0 Å². The van der Waals surface area contributed by atoms with Crippen LogP contribution in [0.15, 0.2) is 60.7 Å². The molecule has 25 heavy (non-hydrogen) atoms. The highest BCUT2D eigenvalue weighted by atomic mass is 16.1. The van der Waals surface area contributed by atoms with E-state index in [1.54, 1.807) is 9.80 Å². The van der Waals surface area contributed by atoms with Crippen molar-refractivity contribution in [3.05, 3.63) is 71.8 Å². The summed E-state index contributed by atoms with van der Waals surface area (Å²) in [5.41, 5.74) is 2.31. The summed E-state index contributed by atoms with van der Waals surface area (Å²) in [6, 6.07) is 21.3. The Bertz CT molecular complexity index is 709. The Kier molecular flexibility index (Phi) is 3.37. The highest BCUT2D eigenvalue weighted by molar-refractivity contribution is 5.92. The summed E-state index contributed by atoms with van der Waals surface area (Å²) in [5.74, 6) is 0.555. The molecule has 6 rings (SSSR count). The van der Waals surface area contributed by atoms with Gasteiger partial charge in [-0.3, -0.25) is 14.6 Å². The molecule has 3 nitrogen and oxygen atoms in total. The fraction of sp³-hybridized carbons (Fsp3) is 0.409. The highest BCUT2D eigenvalue weighted by Gasteiger charge is 2.68. The average Bonchev–Trinajstić information content (AvgIpc) is 2.61. The molecule has 0 aromatic heterocycles. The minimum Gasteiger partial charge on any atom is -0.297 e. The van der Waals surface area contributed by atoms with Crippen molar-refractivity contribution in [2.45, 2.75) is 12.8 Å². The number of nitrogens with one attached hydrogen (secondary N) is 2. The lowest BCUT2D eigenvalue weighted by molar-refractivity contribution is -1.14. The van der Waals surface area contributed by atoms with Crippen LogP contribution in [0.4, 0.5) is 0 Å². The molecule has 0 radical (unpaired) electrons. The number of carbonyl (C=O) groups excluding carboxylic acids is 1. The van der Waals surface area contributed by atoms with Crippen LogP contribution in [0.2, 0.25) is 0 Å². The largest absolute Gasteiger partial charge is 0.297 e. The topological polar surface area (TPSA) is 26.0 Å². The predicted molar refractivity (Wildman–Crippen MR) is 96.4 cm³/mol. The van der Waals surface area contributed by atoms with Crippen LogP contribution in [0.25, 0.3) is 0 Å². The minimum absolute atomic E-state index is 0.157. The number of quaternary nitrogens is 2. The van der Waals surface area contributed by atoms with Gasteiger partial charge in [0.25, 0.3) is 0 Å². The molecule has 0 spiro atoms. The van der Waals surface area contributed by atoms with Crippen molar-refractivity contribution < 1.29 is 14.6 Å². The quantitative estimate of drug-likeness (QED) is 0.795. The Morgan fingerprint density at radius 3 is 1.48 bits per heavy atom. The Morgan fingerprint density at radius 2 is 1.08 bits per heavy atom. The maximum absolute atomic E-state index is 13.8. The van der Waals surface area contributed by atoms with Gasteiger partial charge in [0, 0.05) is 0 Å². The van der Waals surface area contributed by atoms with Gasteiger partial charge in [-0.2, -0.15) is 0 Å². The molecule has 0 amide bonds. The Labute approximate surface area is 149 Å². The van der Waals surface area contributed by atoms with Gasteiger partial charge in [-0.15, -0.1) is 0 Å². The van der Waals surface area contributed by atoms with Crippen LogP contribution in [0.3, 0.4) is 0 Å². The number of hydrogen-bond donors (Lipinski definition) is 2. The smallest absolute Gasteiger partial charge is 0.204 e. The lowest BCUT2D eigenvalue weighted by Crippen LogP contribution is -3.41. The van der Waals surface area contributed by atoms with Crippen LogP contribution in [0.1, 0.15) is 11.1 Å². The van der Waals surface area contributed by atoms with E-state index in [1.807, 2.05) is 0 Å². The highest BCUT2D eigenvalue weighted by Crippen LogP contribution is 2.39. The normalized spacial score (nSPS) is 35.9. The van der Waals surface area contributed by atoms with Gasteiger partial charge in [0.15, 0.2) is 5.78 Å². The van der Waals surface area contributed by atoms with Crippen LogP contribution >= 0.6 is 0 Å². The van der Waals surface area contributed by atoms with Crippen LogP contribution in [0, 0.1) is 10.8 Å². The van der Waals surface area contributed by atoms with E-state index in [-0.39, 0.29) is 10.8 Å². The van der Waals surface area contributed by atoms with Crippen molar-refractivity contribution >= 4 is 5.78 Å². The third-order valence-corrected chi connectivity index (χ3v) is 6.59. The minimum atomic E-state index is -0.157. The Morgan fingerprint density at radius 1 is 0.680 bits per heavy atom.